The average Bonchev–Trinajstić information content (AvgIpc) is 3.56. The summed E-state index contributed by atoms with van der Waals surface area (Å²) in [5.41, 5.74) is 2.90. The molecule has 0 spiro atoms. The van der Waals surface area contributed by atoms with Crippen LogP contribution in [0.1, 0.15) is 24.1 Å². The van der Waals surface area contributed by atoms with Crippen LogP contribution in [0.4, 0.5) is 0 Å². The molecule has 0 saturated carbocycles. The first-order valence-corrected chi connectivity index (χ1v) is 12.3. The van der Waals surface area contributed by atoms with Crippen molar-refractivity contribution in [2.24, 2.45) is 0 Å². The van der Waals surface area contributed by atoms with Crippen molar-refractivity contribution in [2.45, 2.75) is 39.0 Å². The third-order valence-corrected chi connectivity index (χ3v) is 7.54. The maximum atomic E-state index is 13.9. The molecule has 1 fully saturated rings. The van der Waals surface area contributed by atoms with Crippen LogP contribution < -0.4 is 11.1 Å². The summed E-state index contributed by atoms with van der Waals surface area (Å²) < 4.78 is 12.0. The van der Waals surface area contributed by atoms with Crippen LogP contribution >= 0.6 is 11.3 Å². The molecule has 1 unspecified atom stereocenters. The number of benzene rings is 2. The largest absolute Gasteiger partial charge is 0.376 e. The van der Waals surface area contributed by atoms with E-state index in [1.165, 1.54) is 11.3 Å². The molecule has 1 saturated heterocycles. The molecule has 0 radical (unpaired) electrons. The van der Waals surface area contributed by atoms with Crippen molar-refractivity contribution in [1.82, 2.24) is 18.9 Å². The van der Waals surface area contributed by atoms with Gasteiger partial charge in [-0.1, -0.05) is 53.8 Å². The molecule has 1 aliphatic heterocycles. The van der Waals surface area contributed by atoms with Crippen molar-refractivity contribution in [3.63, 3.8) is 0 Å². The van der Waals surface area contributed by atoms with E-state index in [2.05, 4.69) is 0 Å². The zero-order chi connectivity index (χ0) is 23.2. The molecule has 0 amide bonds. The van der Waals surface area contributed by atoms with Gasteiger partial charge in [0, 0.05) is 18.4 Å². The Bertz CT molecular complexity index is 1590. The highest BCUT2D eigenvalue weighted by molar-refractivity contribution is 7.20. The summed E-state index contributed by atoms with van der Waals surface area (Å²) in [5.74, 6) is 0. The highest BCUT2D eigenvalue weighted by Crippen LogP contribution is 2.26. The standard InChI is InChI=1S/C26H24N4O3S/c1-17-24-21(14-23(31)28(17)16-19-10-7-13-33-19)29(15-18-8-3-2-4-9-18)30(25(24)32)26-27-20-11-5-6-12-22(20)34-26/h2-6,8-9,11-12,14,19H,7,10,13,15-16H2,1H3. The van der Waals surface area contributed by atoms with E-state index in [1.54, 1.807) is 15.3 Å². The van der Waals surface area contributed by atoms with Gasteiger partial charge in [0.05, 0.1) is 40.3 Å². The summed E-state index contributed by atoms with van der Waals surface area (Å²) in [5, 5.41) is 1.14. The molecule has 1 atom stereocenters. The van der Waals surface area contributed by atoms with Gasteiger partial charge in [0.2, 0.25) is 5.13 Å². The fourth-order valence-corrected chi connectivity index (χ4v) is 5.79. The van der Waals surface area contributed by atoms with Crippen LogP contribution in [-0.4, -0.2) is 31.6 Å². The third-order valence-electron chi connectivity index (χ3n) is 6.52. The SMILES string of the molecule is Cc1c2c(=O)n(-c3nc4ccccc4s3)n(Cc3ccccc3)c2cc(=O)n1CC1CCCO1. The second-order valence-electron chi connectivity index (χ2n) is 8.70. The van der Waals surface area contributed by atoms with Crippen molar-refractivity contribution >= 4 is 32.5 Å². The van der Waals surface area contributed by atoms with Crippen molar-refractivity contribution in [1.29, 1.82) is 0 Å². The summed E-state index contributed by atoms with van der Waals surface area (Å²) in [6, 6.07) is 19.4. The van der Waals surface area contributed by atoms with Gasteiger partial charge in [-0.3, -0.25) is 14.3 Å². The van der Waals surface area contributed by atoms with Gasteiger partial charge in [0.25, 0.3) is 11.1 Å². The molecule has 0 aliphatic carbocycles. The van der Waals surface area contributed by atoms with Gasteiger partial charge in [0.1, 0.15) is 0 Å². The fraction of sp³-hybridized carbons (Fsp3) is 0.269. The zero-order valence-corrected chi connectivity index (χ0v) is 19.6. The van der Waals surface area contributed by atoms with E-state index in [1.807, 2.05) is 66.2 Å². The molecule has 0 N–H and O–H groups in total. The van der Waals surface area contributed by atoms with Crippen LogP contribution in [0, 0.1) is 6.92 Å². The van der Waals surface area contributed by atoms with E-state index in [0.717, 1.165) is 35.2 Å². The van der Waals surface area contributed by atoms with Gasteiger partial charge in [0.15, 0.2) is 0 Å². The normalized spacial score (nSPS) is 16.1. The van der Waals surface area contributed by atoms with Crippen molar-refractivity contribution in [3.8, 4) is 5.13 Å². The summed E-state index contributed by atoms with van der Waals surface area (Å²) >= 11 is 1.47. The summed E-state index contributed by atoms with van der Waals surface area (Å²) in [7, 11) is 0. The van der Waals surface area contributed by atoms with Gasteiger partial charge in [-0.25, -0.2) is 4.98 Å². The Morgan fingerprint density at radius 3 is 2.65 bits per heavy atom. The average molecular weight is 473 g/mol. The number of aryl methyl sites for hydroxylation is 1. The Hall–Kier alpha value is -3.49. The number of ether oxygens (including phenoxy) is 1. The lowest BCUT2D eigenvalue weighted by atomic mass is 10.2. The van der Waals surface area contributed by atoms with Crippen LogP contribution in [0.15, 0.2) is 70.3 Å². The van der Waals surface area contributed by atoms with Gasteiger partial charge in [-0.2, -0.15) is 4.68 Å². The highest BCUT2D eigenvalue weighted by Gasteiger charge is 2.24. The number of para-hydroxylation sites is 1. The van der Waals surface area contributed by atoms with E-state index in [4.69, 9.17) is 9.72 Å². The second kappa shape index (κ2) is 8.38. The van der Waals surface area contributed by atoms with E-state index in [-0.39, 0.29) is 17.2 Å². The monoisotopic (exact) mass is 472 g/mol. The molecule has 2 aromatic carbocycles. The van der Waals surface area contributed by atoms with Gasteiger partial charge in [-0.15, -0.1) is 0 Å². The molecule has 34 heavy (non-hydrogen) atoms. The van der Waals surface area contributed by atoms with E-state index in [9.17, 15) is 9.59 Å². The zero-order valence-electron chi connectivity index (χ0n) is 18.8. The predicted molar refractivity (Wildman–Crippen MR) is 134 cm³/mol. The number of fused-ring (bicyclic) bond motifs is 2. The minimum Gasteiger partial charge on any atom is -0.376 e. The highest BCUT2D eigenvalue weighted by atomic mass is 32.1. The predicted octanol–water partition coefficient (Wildman–Crippen LogP) is 4.10. The minimum atomic E-state index is -0.163. The first kappa shape index (κ1) is 21.1. The molecule has 0 bridgehead atoms. The Kier molecular flexibility index (Phi) is 5.19. The Morgan fingerprint density at radius 2 is 1.88 bits per heavy atom. The number of hydrogen-bond acceptors (Lipinski definition) is 5. The molecular formula is C26H24N4O3S. The smallest absolute Gasteiger partial charge is 0.283 e. The Morgan fingerprint density at radius 1 is 1.09 bits per heavy atom. The quantitative estimate of drug-likeness (QED) is 0.386. The molecular weight excluding hydrogens is 448 g/mol. The van der Waals surface area contributed by atoms with Crippen LogP contribution in [0.2, 0.25) is 0 Å². The van der Waals surface area contributed by atoms with Crippen molar-refractivity contribution in [3.05, 3.63) is 92.6 Å². The Balaban J connectivity index is 1.60. The van der Waals surface area contributed by atoms with Crippen LogP contribution in [0.25, 0.3) is 26.3 Å². The summed E-state index contributed by atoms with van der Waals surface area (Å²) in [4.78, 5) is 31.9. The minimum absolute atomic E-state index is 0.00624. The first-order valence-electron chi connectivity index (χ1n) is 11.5. The lowest BCUT2D eigenvalue weighted by Gasteiger charge is -2.15. The van der Waals surface area contributed by atoms with Gasteiger partial charge >= 0.3 is 0 Å². The number of pyridine rings is 1. The Labute approximate surface area is 199 Å². The molecule has 4 heterocycles. The molecule has 1 aliphatic rings. The molecule has 6 rings (SSSR count). The fourth-order valence-electron chi connectivity index (χ4n) is 4.82. The summed E-state index contributed by atoms with van der Waals surface area (Å²) in [6.07, 6.45) is 1.93. The molecule has 172 valence electrons. The van der Waals surface area contributed by atoms with Crippen LogP contribution in [-0.2, 0) is 17.8 Å². The molecule has 3 aromatic heterocycles. The van der Waals surface area contributed by atoms with Crippen molar-refractivity contribution < 1.29 is 4.74 Å². The second-order valence-corrected chi connectivity index (χ2v) is 9.71. The molecule has 8 heteroatoms. The number of rotatable bonds is 5. The van der Waals surface area contributed by atoms with Gasteiger partial charge in [-0.05, 0) is 37.5 Å². The molecule has 5 aromatic rings. The number of aromatic nitrogens is 4. The van der Waals surface area contributed by atoms with E-state index in [0.29, 0.717) is 34.8 Å². The number of hydrogen-bond donors (Lipinski definition) is 0. The molecule has 7 nitrogen and oxygen atoms in total. The number of thiazole rings is 1. The summed E-state index contributed by atoms with van der Waals surface area (Å²) in [6.45, 7) is 3.49. The first-order chi connectivity index (χ1) is 16.6. The maximum absolute atomic E-state index is 13.9. The van der Waals surface area contributed by atoms with Gasteiger partial charge < -0.3 is 9.30 Å². The maximum Gasteiger partial charge on any atom is 0.283 e. The van der Waals surface area contributed by atoms with Crippen molar-refractivity contribution in [2.75, 3.05) is 6.61 Å². The lowest BCUT2D eigenvalue weighted by molar-refractivity contribution is 0.0958. The third kappa shape index (κ3) is 3.50. The lowest BCUT2D eigenvalue weighted by Crippen LogP contribution is -2.28. The van der Waals surface area contributed by atoms with E-state index >= 15 is 0 Å². The van der Waals surface area contributed by atoms with Crippen LogP contribution in [0.3, 0.4) is 0 Å². The van der Waals surface area contributed by atoms with Crippen LogP contribution in [0.5, 0.6) is 0 Å². The van der Waals surface area contributed by atoms with E-state index < -0.39 is 0 Å². The topological polar surface area (TPSA) is 71.0 Å². The number of nitrogens with zero attached hydrogens (tertiary/aromatic N) is 4.